The number of carbonyl (C=O) groups is 1. The number of non-ortho nitro benzene ring substituents is 1. The van der Waals surface area contributed by atoms with Gasteiger partial charge in [0.1, 0.15) is 5.82 Å². The molecule has 1 heterocycles. The predicted octanol–water partition coefficient (Wildman–Crippen LogP) is 3.83. The summed E-state index contributed by atoms with van der Waals surface area (Å²) in [5.41, 5.74) is 1.10. The van der Waals surface area contributed by atoms with Crippen molar-refractivity contribution >= 4 is 22.9 Å². The Bertz CT molecular complexity index is 958. The number of amides is 1. The van der Waals surface area contributed by atoms with Crippen molar-refractivity contribution in [2.45, 2.75) is 6.42 Å². The van der Waals surface area contributed by atoms with E-state index in [0.29, 0.717) is 24.2 Å². The lowest BCUT2D eigenvalue weighted by molar-refractivity contribution is -0.384. The van der Waals surface area contributed by atoms with Crippen LogP contribution < -0.4 is 5.32 Å². The zero-order chi connectivity index (χ0) is 18.5. The van der Waals surface area contributed by atoms with Crippen LogP contribution in [0.2, 0.25) is 0 Å². The smallest absolute Gasteiger partial charge is 0.270 e. The van der Waals surface area contributed by atoms with Gasteiger partial charge in [0.15, 0.2) is 0 Å². The van der Waals surface area contributed by atoms with E-state index >= 15 is 0 Å². The van der Waals surface area contributed by atoms with Crippen LogP contribution in [0, 0.1) is 15.9 Å². The van der Waals surface area contributed by atoms with Crippen molar-refractivity contribution in [2.75, 3.05) is 6.54 Å². The van der Waals surface area contributed by atoms with Crippen LogP contribution >= 0.6 is 11.3 Å². The van der Waals surface area contributed by atoms with Crippen LogP contribution in [0.5, 0.6) is 0 Å². The Kier molecular flexibility index (Phi) is 5.33. The third-order valence-electron chi connectivity index (χ3n) is 3.65. The number of hydrogen-bond donors (Lipinski definition) is 1. The molecule has 0 aliphatic heterocycles. The quantitative estimate of drug-likeness (QED) is 0.527. The van der Waals surface area contributed by atoms with E-state index in [-0.39, 0.29) is 23.0 Å². The van der Waals surface area contributed by atoms with Gasteiger partial charge in [-0.15, -0.1) is 11.3 Å². The highest BCUT2D eigenvalue weighted by atomic mass is 32.1. The van der Waals surface area contributed by atoms with Crippen LogP contribution in [0.15, 0.2) is 53.9 Å². The van der Waals surface area contributed by atoms with E-state index < -0.39 is 4.92 Å². The molecule has 0 atom stereocenters. The second kappa shape index (κ2) is 7.83. The first kappa shape index (κ1) is 17.7. The van der Waals surface area contributed by atoms with E-state index in [1.807, 2.05) is 0 Å². The maximum atomic E-state index is 13.8. The van der Waals surface area contributed by atoms with Gasteiger partial charge in [-0.05, 0) is 18.2 Å². The number of carbonyl (C=O) groups excluding carboxylic acids is 1. The highest BCUT2D eigenvalue weighted by Crippen LogP contribution is 2.24. The monoisotopic (exact) mass is 371 g/mol. The Hall–Kier alpha value is -3.13. The van der Waals surface area contributed by atoms with Gasteiger partial charge in [-0.3, -0.25) is 14.9 Å². The largest absolute Gasteiger partial charge is 0.352 e. The van der Waals surface area contributed by atoms with Crippen LogP contribution in [0.1, 0.15) is 15.4 Å². The van der Waals surface area contributed by atoms with Crippen molar-refractivity contribution in [1.82, 2.24) is 10.3 Å². The molecule has 2 aromatic carbocycles. The molecule has 3 aromatic rings. The maximum Gasteiger partial charge on any atom is 0.270 e. The Balaban J connectivity index is 1.59. The maximum absolute atomic E-state index is 13.8. The van der Waals surface area contributed by atoms with E-state index in [9.17, 15) is 19.3 Å². The second-order valence-corrected chi connectivity index (χ2v) is 6.36. The summed E-state index contributed by atoms with van der Waals surface area (Å²) < 4.78 is 13.8. The summed E-state index contributed by atoms with van der Waals surface area (Å²) in [5.74, 6) is -0.720. The molecule has 1 N–H and O–H groups in total. The molecule has 0 aliphatic rings. The second-order valence-electron chi connectivity index (χ2n) is 5.42. The van der Waals surface area contributed by atoms with E-state index in [1.54, 1.807) is 23.6 Å². The average molecular weight is 371 g/mol. The molecule has 1 amide bonds. The summed E-state index contributed by atoms with van der Waals surface area (Å²) in [6, 6.07) is 12.0. The number of aromatic nitrogens is 1. The molecule has 0 aliphatic carbocycles. The van der Waals surface area contributed by atoms with Crippen LogP contribution in [0.4, 0.5) is 10.1 Å². The van der Waals surface area contributed by atoms with Crippen LogP contribution in [0.25, 0.3) is 11.3 Å². The third kappa shape index (κ3) is 4.09. The molecule has 1 aromatic heterocycles. The summed E-state index contributed by atoms with van der Waals surface area (Å²) in [4.78, 5) is 26.7. The Morgan fingerprint density at radius 1 is 1.23 bits per heavy atom. The lowest BCUT2D eigenvalue weighted by Crippen LogP contribution is -2.25. The molecule has 0 spiro atoms. The van der Waals surface area contributed by atoms with Gasteiger partial charge in [-0.1, -0.05) is 18.2 Å². The van der Waals surface area contributed by atoms with E-state index in [2.05, 4.69) is 10.3 Å². The highest BCUT2D eigenvalue weighted by molar-refractivity contribution is 7.09. The Morgan fingerprint density at radius 3 is 2.81 bits per heavy atom. The van der Waals surface area contributed by atoms with Gasteiger partial charge in [0.05, 0.1) is 15.6 Å². The zero-order valence-corrected chi connectivity index (χ0v) is 14.3. The average Bonchev–Trinajstić information content (AvgIpc) is 3.10. The number of nitrogens with one attached hydrogen (secondary N) is 1. The van der Waals surface area contributed by atoms with E-state index in [0.717, 1.165) is 5.01 Å². The van der Waals surface area contributed by atoms with Gasteiger partial charge < -0.3 is 5.32 Å². The molecular formula is C18H14FN3O3S. The van der Waals surface area contributed by atoms with Crippen molar-refractivity contribution in [3.63, 3.8) is 0 Å². The molecule has 0 fully saturated rings. The van der Waals surface area contributed by atoms with Gasteiger partial charge in [-0.2, -0.15) is 0 Å². The normalized spacial score (nSPS) is 10.5. The molecule has 0 saturated carbocycles. The van der Waals surface area contributed by atoms with Crippen LogP contribution in [-0.2, 0) is 6.42 Å². The molecule has 0 radical (unpaired) electrons. The summed E-state index contributed by atoms with van der Waals surface area (Å²) >= 11 is 1.39. The van der Waals surface area contributed by atoms with Crippen LogP contribution in [-0.4, -0.2) is 22.4 Å². The molecule has 26 heavy (non-hydrogen) atoms. The summed E-state index contributed by atoms with van der Waals surface area (Å²) in [6.07, 6.45) is 0.486. The number of hydrogen-bond acceptors (Lipinski definition) is 5. The van der Waals surface area contributed by atoms with E-state index in [1.165, 1.54) is 41.7 Å². The fraction of sp³-hybridized carbons (Fsp3) is 0.111. The van der Waals surface area contributed by atoms with Gasteiger partial charge >= 0.3 is 0 Å². The number of nitro benzene ring substituents is 1. The summed E-state index contributed by atoms with van der Waals surface area (Å²) in [5, 5.41) is 16.0. The van der Waals surface area contributed by atoms with Gasteiger partial charge in [0.25, 0.3) is 11.6 Å². The van der Waals surface area contributed by atoms with Crippen molar-refractivity contribution < 1.29 is 14.1 Å². The van der Waals surface area contributed by atoms with Gasteiger partial charge in [-0.25, -0.2) is 9.37 Å². The Morgan fingerprint density at radius 2 is 2.04 bits per heavy atom. The molecule has 8 heteroatoms. The number of rotatable bonds is 6. The van der Waals surface area contributed by atoms with E-state index in [4.69, 9.17) is 0 Å². The highest BCUT2D eigenvalue weighted by Gasteiger charge is 2.12. The number of halogens is 1. The van der Waals surface area contributed by atoms with Gasteiger partial charge in [0.2, 0.25) is 0 Å². The molecule has 132 valence electrons. The molecule has 0 saturated heterocycles. The fourth-order valence-electron chi connectivity index (χ4n) is 2.36. The van der Waals surface area contributed by atoms with Crippen molar-refractivity contribution in [3.8, 4) is 11.3 Å². The zero-order valence-electron chi connectivity index (χ0n) is 13.5. The Labute approximate surface area is 152 Å². The number of thiazole rings is 1. The first-order chi connectivity index (χ1) is 12.5. The van der Waals surface area contributed by atoms with Crippen molar-refractivity contribution in [2.24, 2.45) is 0 Å². The first-order valence-electron chi connectivity index (χ1n) is 7.76. The van der Waals surface area contributed by atoms with Gasteiger partial charge in [0, 0.05) is 41.6 Å². The van der Waals surface area contributed by atoms with Crippen molar-refractivity contribution in [3.05, 3.63) is 80.4 Å². The van der Waals surface area contributed by atoms with Crippen LogP contribution in [0.3, 0.4) is 0 Å². The first-order valence-corrected chi connectivity index (χ1v) is 8.64. The van der Waals surface area contributed by atoms with Crippen molar-refractivity contribution in [1.29, 1.82) is 0 Å². The minimum atomic E-state index is -0.545. The molecule has 3 rings (SSSR count). The summed E-state index contributed by atoms with van der Waals surface area (Å²) in [7, 11) is 0. The fourth-order valence-corrected chi connectivity index (χ4v) is 3.16. The topological polar surface area (TPSA) is 85.1 Å². The lowest BCUT2D eigenvalue weighted by atomic mass is 10.1. The third-order valence-corrected chi connectivity index (χ3v) is 4.55. The lowest BCUT2D eigenvalue weighted by Gasteiger charge is -2.04. The molecule has 0 unspecified atom stereocenters. The summed E-state index contributed by atoms with van der Waals surface area (Å²) in [6.45, 7) is 0.325. The SMILES string of the molecule is O=C(NCCc1nc(-c2ccccc2F)cs1)c1cccc([N+](=O)[O-])c1. The number of nitrogens with zero attached hydrogens (tertiary/aromatic N) is 2. The minimum Gasteiger partial charge on any atom is -0.352 e. The number of nitro groups is 1. The molecule has 6 nitrogen and oxygen atoms in total. The standard InChI is InChI=1S/C18H14FN3O3S/c19-15-7-2-1-6-14(15)16-11-26-17(21-16)8-9-20-18(23)12-4-3-5-13(10-12)22(24)25/h1-7,10-11H,8-9H2,(H,20,23). The molecular weight excluding hydrogens is 357 g/mol. The molecule has 0 bridgehead atoms. The number of benzene rings is 2. The minimum absolute atomic E-state index is 0.132. The predicted molar refractivity (Wildman–Crippen MR) is 96.6 cm³/mol.